The molecule has 17 heavy (non-hydrogen) atoms. The summed E-state index contributed by atoms with van der Waals surface area (Å²) in [5.74, 6) is -1.80. The van der Waals surface area contributed by atoms with Gasteiger partial charge < -0.3 is 20.1 Å². The van der Waals surface area contributed by atoms with E-state index in [-0.39, 0.29) is 18.0 Å². The zero-order chi connectivity index (χ0) is 13.2. The van der Waals surface area contributed by atoms with Crippen molar-refractivity contribution in [1.29, 1.82) is 0 Å². The quantitative estimate of drug-likeness (QED) is 0.685. The molecule has 0 saturated heterocycles. The maximum absolute atomic E-state index is 12.0. The SMILES string of the molecule is CN(C(=O)c1nc[nH]c1C(=O)O)C(C)(C)CO. The first-order valence-corrected chi connectivity index (χ1v) is 4.97. The van der Waals surface area contributed by atoms with Gasteiger partial charge in [-0.3, -0.25) is 4.79 Å². The van der Waals surface area contributed by atoms with Crippen LogP contribution in [0.4, 0.5) is 0 Å². The van der Waals surface area contributed by atoms with Crippen molar-refractivity contribution in [3.05, 3.63) is 17.7 Å². The lowest BCUT2D eigenvalue weighted by Gasteiger charge is -2.33. The summed E-state index contributed by atoms with van der Waals surface area (Å²) in [5.41, 5.74) is -1.21. The zero-order valence-corrected chi connectivity index (χ0v) is 9.89. The van der Waals surface area contributed by atoms with Crippen LogP contribution in [-0.2, 0) is 0 Å². The number of aliphatic hydroxyl groups is 1. The van der Waals surface area contributed by atoms with E-state index in [0.29, 0.717) is 0 Å². The van der Waals surface area contributed by atoms with Crippen LogP contribution in [0.2, 0.25) is 0 Å². The highest BCUT2D eigenvalue weighted by molar-refractivity contribution is 6.02. The summed E-state index contributed by atoms with van der Waals surface area (Å²) in [6.07, 6.45) is 1.15. The number of nitrogens with zero attached hydrogens (tertiary/aromatic N) is 2. The number of amides is 1. The number of aromatic amines is 1. The van der Waals surface area contributed by atoms with Crippen LogP contribution in [-0.4, -0.2) is 56.2 Å². The number of carbonyl (C=O) groups is 2. The first-order valence-electron chi connectivity index (χ1n) is 4.97. The zero-order valence-electron chi connectivity index (χ0n) is 9.89. The lowest BCUT2D eigenvalue weighted by Crippen LogP contribution is -2.48. The van der Waals surface area contributed by atoms with Crippen molar-refractivity contribution >= 4 is 11.9 Å². The lowest BCUT2D eigenvalue weighted by atomic mass is 10.0. The average Bonchev–Trinajstić information content (AvgIpc) is 2.75. The second-order valence-corrected chi connectivity index (χ2v) is 4.27. The third-order valence-electron chi connectivity index (χ3n) is 2.66. The molecule has 1 heterocycles. The largest absolute Gasteiger partial charge is 0.477 e. The van der Waals surface area contributed by atoms with Crippen molar-refractivity contribution in [3.8, 4) is 0 Å². The molecular weight excluding hydrogens is 226 g/mol. The summed E-state index contributed by atoms with van der Waals surface area (Å²) in [4.78, 5) is 30.2. The van der Waals surface area contributed by atoms with Gasteiger partial charge in [0.1, 0.15) is 0 Å². The van der Waals surface area contributed by atoms with Crippen LogP contribution in [0.25, 0.3) is 0 Å². The Hall–Kier alpha value is -1.89. The number of likely N-dealkylation sites (N-methyl/N-ethyl adjacent to an activating group) is 1. The molecule has 0 bridgehead atoms. The molecule has 7 heteroatoms. The number of aliphatic hydroxyl groups excluding tert-OH is 1. The highest BCUT2D eigenvalue weighted by Gasteiger charge is 2.31. The normalized spacial score (nSPS) is 11.3. The fraction of sp³-hybridized carbons (Fsp3) is 0.500. The van der Waals surface area contributed by atoms with Crippen LogP contribution >= 0.6 is 0 Å². The summed E-state index contributed by atoms with van der Waals surface area (Å²) < 4.78 is 0. The molecule has 3 N–H and O–H groups in total. The number of imidazole rings is 1. The summed E-state index contributed by atoms with van der Waals surface area (Å²) >= 11 is 0. The van der Waals surface area contributed by atoms with Crippen LogP contribution in [0.15, 0.2) is 6.33 Å². The smallest absolute Gasteiger partial charge is 0.354 e. The minimum atomic E-state index is -1.25. The van der Waals surface area contributed by atoms with Crippen LogP contribution in [0, 0.1) is 0 Å². The highest BCUT2D eigenvalue weighted by atomic mass is 16.4. The number of hydrogen-bond acceptors (Lipinski definition) is 4. The Morgan fingerprint density at radius 1 is 1.53 bits per heavy atom. The summed E-state index contributed by atoms with van der Waals surface area (Å²) in [7, 11) is 1.48. The molecular formula is C10H15N3O4. The predicted molar refractivity (Wildman–Crippen MR) is 58.8 cm³/mol. The Morgan fingerprint density at radius 2 is 2.12 bits per heavy atom. The van der Waals surface area contributed by atoms with E-state index in [0.717, 1.165) is 6.33 Å². The number of carbonyl (C=O) groups excluding carboxylic acids is 1. The van der Waals surface area contributed by atoms with Crippen LogP contribution in [0.3, 0.4) is 0 Å². The molecule has 94 valence electrons. The standard InChI is InChI=1S/C10H15N3O4/c1-10(2,4-14)13(3)8(15)6-7(9(16)17)12-5-11-6/h5,14H,4H2,1-3H3,(H,11,12)(H,16,17). The van der Waals surface area contributed by atoms with Crippen LogP contribution in [0.5, 0.6) is 0 Å². The van der Waals surface area contributed by atoms with E-state index in [1.807, 2.05) is 0 Å². The number of aromatic nitrogens is 2. The minimum Gasteiger partial charge on any atom is -0.477 e. The molecule has 0 unspecified atom stereocenters. The molecule has 1 amide bonds. The van der Waals surface area contributed by atoms with Crippen molar-refractivity contribution in [2.24, 2.45) is 0 Å². The molecule has 1 rings (SSSR count). The van der Waals surface area contributed by atoms with E-state index in [2.05, 4.69) is 9.97 Å². The van der Waals surface area contributed by atoms with Gasteiger partial charge >= 0.3 is 5.97 Å². The number of carboxylic acid groups (broad SMARTS) is 1. The van der Waals surface area contributed by atoms with E-state index >= 15 is 0 Å². The van der Waals surface area contributed by atoms with Gasteiger partial charge in [-0.1, -0.05) is 0 Å². The first kappa shape index (κ1) is 13.2. The number of nitrogens with one attached hydrogen (secondary N) is 1. The molecule has 0 aliphatic heterocycles. The maximum Gasteiger partial charge on any atom is 0.354 e. The molecule has 1 aromatic heterocycles. The molecule has 0 atom stereocenters. The second-order valence-electron chi connectivity index (χ2n) is 4.27. The Bertz CT molecular complexity index is 439. The number of aromatic carboxylic acids is 1. The minimum absolute atomic E-state index is 0.165. The predicted octanol–water partition coefficient (Wildman–Crippen LogP) is -0.0492. The van der Waals surface area contributed by atoms with E-state index in [4.69, 9.17) is 10.2 Å². The third-order valence-corrected chi connectivity index (χ3v) is 2.66. The monoisotopic (exact) mass is 241 g/mol. The fourth-order valence-corrected chi connectivity index (χ4v) is 1.16. The number of hydrogen-bond donors (Lipinski definition) is 3. The summed E-state index contributed by atoms with van der Waals surface area (Å²) in [5, 5.41) is 18.0. The van der Waals surface area contributed by atoms with E-state index in [9.17, 15) is 9.59 Å². The maximum atomic E-state index is 12.0. The van der Waals surface area contributed by atoms with Crippen molar-refractivity contribution in [2.45, 2.75) is 19.4 Å². The van der Waals surface area contributed by atoms with Crippen molar-refractivity contribution in [2.75, 3.05) is 13.7 Å². The molecule has 0 fully saturated rings. The van der Waals surface area contributed by atoms with Gasteiger partial charge in [0, 0.05) is 7.05 Å². The summed E-state index contributed by atoms with van der Waals surface area (Å²) in [6.45, 7) is 3.10. The van der Waals surface area contributed by atoms with Gasteiger partial charge in [-0.25, -0.2) is 9.78 Å². The number of carboxylic acids is 1. The second kappa shape index (κ2) is 4.54. The molecule has 7 nitrogen and oxygen atoms in total. The van der Waals surface area contributed by atoms with Gasteiger partial charge in [-0.05, 0) is 13.8 Å². The van der Waals surface area contributed by atoms with Gasteiger partial charge in [0.05, 0.1) is 18.5 Å². The fourth-order valence-electron chi connectivity index (χ4n) is 1.16. The van der Waals surface area contributed by atoms with Crippen LogP contribution in [0.1, 0.15) is 34.8 Å². The number of H-pyrrole nitrogens is 1. The Kier molecular flexibility index (Phi) is 3.52. The molecule has 0 aliphatic rings. The van der Waals surface area contributed by atoms with Gasteiger partial charge in [0.15, 0.2) is 11.4 Å². The van der Waals surface area contributed by atoms with Crippen molar-refractivity contribution in [3.63, 3.8) is 0 Å². The van der Waals surface area contributed by atoms with Gasteiger partial charge in [-0.2, -0.15) is 0 Å². The average molecular weight is 241 g/mol. The van der Waals surface area contributed by atoms with Crippen LogP contribution < -0.4 is 0 Å². The van der Waals surface area contributed by atoms with E-state index in [1.54, 1.807) is 13.8 Å². The molecule has 0 aromatic carbocycles. The van der Waals surface area contributed by atoms with Gasteiger partial charge in [-0.15, -0.1) is 0 Å². The lowest BCUT2D eigenvalue weighted by molar-refractivity contribution is 0.0461. The van der Waals surface area contributed by atoms with Crippen molar-refractivity contribution in [1.82, 2.24) is 14.9 Å². The first-order chi connectivity index (χ1) is 7.81. The molecule has 0 saturated carbocycles. The van der Waals surface area contributed by atoms with E-state index < -0.39 is 17.4 Å². The number of rotatable bonds is 4. The Morgan fingerprint density at radius 3 is 2.59 bits per heavy atom. The molecule has 0 spiro atoms. The topological polar surface area (TPSA) is 107 Å². The summed E-state index contributed by atoms with van der Waals surface area (Å²) in [6, 6.07) is 0. The Balaban J connectivity index is 3.05. The third kappa shape index (κ3) is 2.44. The molecule has 0 aliphatic carbocycles. The van der Waals surface area contributed by atoms with Crippen molar-refractivity contribution < 1.29 is 19.8 Å². The van der Waals surface area contributed by atoms with E-state index in [1.165, 1.54) is 11.9 Å². The highest BCUT2D eigenvalue weighted by Crippen LogP contribution is 2.15. The van der Waals surface area contributed by atoms with Gasteiger partial charge in [0.25, 0.3) is 5.91 Å². The molecule has 0 radical (unpaired) electrons. The Labute approximate surface area is 98.1 Å². The van der Waals surface area contributed by atoms with Gasteiger partial charge in [0.2, 0.25) is 0 Å². The molecule has 1 aromatic rings.